The van der Waals surface area contributed by atoms with Gasteiger partial charge in [0.05, 0.1) is 12.0 Å². The van der Waals surface area contributed by atoms with Gasteiger partial charge in [0.1, 0.15) is 18.3 Å². The van der Waals surface area contributed by atoms with Crippen molar-refractivity contribution in [3.05, 3.63) is 16.3 Å². The van der Waals surface area contributed by atoms with E-state index in [1.165, 1.54) is 23.3 Å². The van der Waals surface area contributed by atoms with Crippen LogP contribution in [0.2, 0.25) is 0 Å². The van der Waals surface area contributed by atoms with E-state index < -0.39 is 17.9 Å². The Morgan fingerprint density at radius 1 is 1.56 bits per heavy atom. The van der Waals surface area contributed by atoms with Crippen molar-refractivity contribution >= 4 is 29.1 Å². The van der Waals surface area contributed by atoms with Gasteiger partial charge in [-0.15, -0.1) is 11.3 Å². The highest BCUT2D eigenvalue weighted by Gasteiger charge is 2.34. The summed E-state index contributed by atoms with van der Waals surface area (Å²) in [4.78, 5) is 36.6. The number of carbonyl (C=O) groups is 3. The quantitative estimate of drug-likeness (QED) is 0.780. The van der Waals surface area contributed by atoms with Crippen LogP contribution in [0, 0.1) is 0 Å². The van der Waals surface area contributed by atoms with Gasteiger partial charge >= 0.3 is 0 Å². The smallest absolute Gasteiger partial charge is 0.265 e. The van der Waals surface area contributed by atoms with Crippen LogP contribution in [0.5, 0.6) is 5.75 Å². The first-order valence-electron chi connectivity index (χ1n) is 5.30. The number of ether oxygens (including phenoxy) is 1. The zero-order chi connectivity index (χ0) is 13.3. The minimum atomic E-state index is -0.650. The molecule has 0 saturated carbocycles. The van der Waals surface area contributed by atoms with Gasteiger partial charge in [0.2, 0.25) is 11.8 Å². The molecule has 0 aromatic carbocycles. The molecule has 1 atom stereocenters. The fraction of sp³-hybridized carbons (Fsp3) is 0.364. The molecule has 1 N–H and O–H groups in total. The number of hydrogen-bond donors (Lipinski definition) is 1. The van der Waals surface area contributed by atoms with Crippen molar-refractivity contribution < 1.29 is 19.1 Å². The zero-order valence-electron chi connectivity index (χ0n) is 9.93. The van der Waals surface area contributed by atoms with Crippen LogP contribution in [-0.4, -0.2) is 42.3 Å². The van der Waals surface area contributed by atoms with Gasteiger partial charge in [-0.3, -0.25) is 19.7 Å². The van der Waals surface area contributed by atoms with Crippen LogP contribution in [0.4, 0.5) is 0 Å². The standard InChI is InChI=1S/C11H12N2O4S/c1-6-10(15)12-9(14)4-13(6)11(16)8-3-7(17-2)5-18-8/h3,5-6H,4H2,1-2H3,(H,12,14,15). The van der Waals surface area contributed by atoms with Gasteiger partial charge in [-0.2, -0.15) is 0 Å². The lowest BCUT2D eigenvalue weighted by atomic mass is 10.2. The number of imide groups is 1. The van der Waals surface area contributed by atoms with Gasteiger partial charge in [0, 0.05) is 11.4 Å². The molecule has 1 aromatic heterocycles. The number of amides is 3. The second kappa shape index (κ2) is 4.77. The van der Waals surface area contributed by atoms with Gasteiger partial charge < -0.3 is 9.64 Å². The number of nitrogens with one attached hydrogen (secondary N) is 1. The first-order valence-corrected chi connectivity index (χ1v) is 6.18. The lowest BCUT2D eigenvalue weighted by molar-refractivity contribution is -0.138. The Balaban J connectivity index is 2.21. The molecule has 1 aliphatic heterocycles. The summed E-state index contributed by atoms with van der Waals surface area (Å²) < 4.78 is 4.99. The maximum Gasteiger partial charge on any atom is 0.265 e. The molecule has 0 bridgehead atoms. The number of rotatable bonds is 2. The molecular weight excluding hydrogens is 256 g/mol. The molecule has 96 valence electrons. The minimum absolute atomic E-state index is 0.105. The van der Waals surface area contributed by atoms with E-state index in [-0.39, 0.29) is 12.5 Å². The Labute approximate surface area is 108 Å². The molecule has 18 heavy (non-hydrogen) atoms. The number of piperazine rings is 1. The monoisotopic (exact) mass is 268 g/mol. The normalized spacial score (nSPS) is 19.7. The van der Waals surface area contributed by atoms with Crippen LogP contribution in [0.3, 0.4) is 0 Å². The maximum atomic E-state index is 12.2. The van der Waals surface area contributed by atoms with Crippen LogP contribution in [0.15, 0.2) is 11.4 Å². The average Bonchev–Trinajstić information content (AvgIpc) is 2.81. The van der Waals surface area contributed by atoms with E-state index in [4.69, 9.17) is 4.74 Å². The van der Waals surface area contributed by atoms with E-state index in [9.17, 15) is 14.4 Å². The molecule has 1 unspecified atom stereocenters. The molecule has 2 heterocycles. The summed E-state index contributed by atoms with van der Waals surface area (Å²) in [6, 6.07) is 0.944. The molecular formula is C11H12N2O4S. The summed E-state index contributed by atoms with van der Waals surface area (Å²) in [6.07, 6.45) is 0. The van der Waals surface area contributed by atoms with E-state index in [0.29, 0.717) is 10.6 Å². The van der Waals surface area contributed by atoms with Crippen molar-refractivity contribution in [1.82, 2.24) is 10.2 Å². The van der Waals surface area contributed by atoms with Crippen molar-refractivity contribution in [3.8, 4) is 5.75 Å². The summed E-state index contributed by atoms with van der Waals surface area (Å²) in [6.45, 7) is 1.48. The van der Waals surface area contributed by atoms with Crippen LogP contribution >= 0.6 is 11.3 Å². The SMILES string of the molecule is COc1csc(C(=O)N2CC(=O)NC(=O)C2C)c1. The van der Waals surface area contributed by atoms with E-state index in [1.807, 2.05) is 0 Å². The molecule has 7 heteroatoms. The second-order valence-electron chi connectivity index (χ2n) is 3.87. The summed E-state index contributed by atoms with van der Waals surface area (Å²) in [5, 5.41) is 3.89. The number of methoxy groups -OCH3 is 1. The fourth-order valence-corrected chi connectivity index (χ4v) is 2.45. The van der Waals surface area contributed by atoms with E-state index in [0.717, 1.165) is 0 Å². The van der Waals surface area contributed by atoms with E-state index >= 15 is 0 Å². The highest BCUT2D eigenvalue weighted by Crippen LogP contribution is 2.23. The van der Waals surface area contributed by atoms with Crippen LogP contribution in [0.1, 0.15) is 16.6 Å². The zero-order valence-corrected chi connectivity index (χ0v) is 10.7. The number of nitrogens with zero attached hydrogens (tertiary/aromatic N) is 1. The third kappa shape index (κ3) is 2.21. The van der Waals surface area contributed by atoms with Crippen LogP contribution < -0.4 is 10.1 Å². The number of thiophene rings is 1. The van der Waals surface area contributed by atoms with E-state index in [2.05, 4.69) is 5.32 Å². The lowest BCUT2D eigenvalue weighted by Gasteiger charge is -2.31. The summed E-state index contributed by atoms with van der Waals surface area (Å²) >= 11 is 1.22. The predicted molar refractivity (Wildman–Crippen MR) is 64.5 cm³/mol. The molecule has 2 rings (SSSR count). The predicted octanol–water partition coefficient (Wildman–Crippen LogP) is 0.244. The highest BCUT2D eigenvalue weighted by molar-refractivity contribution is 7.12. The Morgan fingerprint density at radius 2 is 2.28 bits per heavy atom. The maximum absolute atomic E-state index is 12.2. The van der Waals surface area contributed by atoms with Gasteiger partial charge in [-0.25, -0.2) is 0 Å². The third-order valence-corrected chi connectivity index (χ3v) is 3.60. The Morgan fingerprint density at radius 3 is 2.89 bits per heavy atom. The fourth-order valence-electron chi connectivity index (χ4n) is 1.64. The molecule has 3 amide bonds. The largest absolute Gasteiger partial charge is 0.496 e. The van der Waals surface area contributed by atoms with Crippen LogP contribution in [0.25, 0.3) is 0 Å². The first-order chi connectivity index (χ1) is 8.52. The summed E-state index contributed by atoms with van der Waals surface area (Å²) in [7, 11) is 1.51. The Kier molecular flexibility index (Phi) is 3.33. The summed E-state index contributed by atoms with van der Waals surface area (Å²) in [5.74, 6) is -0.666. The van der Waals surface area contributed by atoms with Crippen LogP contribution in [-0.2, 0) is 9.59 Å². The van der Waals surface area contributed by atoms with Gasteiger partial charge in [0.25, 0.3) is 5.91 Å². The summed E-state index contributed by atoms with van der Waals surface area (Å²) in [5.41, 5.74) is 0. The van der Waals surface area contributed by atoms with Crippen molar-refractivity contribution in [2.45, 2.75) is 13.0 Å². The molecule has 0 spiro atoms. The number of hydrogen-bond acceptors (Lipinski definition) is 5. The second-order valence-corrected chi connectivity index (χ2v) is 4.78. The molecule has 0 radical (unpaired) electrons. The van der Waals surface area contributed by atoms with Gasteiger partial charge in [-0.1, -0.05) is 0 Å². The molecule has 6 nitrogen and oxygen atoms in total. The lowest BCUT2D eigenvalue weighted by Crippen LogP contribution is -2.58. The Bertz CT molecular complexity index is 511. The number of carbonyl (C=O) groups excluding carboxylic acids is 3. The van der Waals surface area contributed by atoms with E-state index in [1.54, 1.807) is 18.4 Å². The molecule has 0 aliphatic carbocycles. The molecule has 1 fully saturated rings. The van der Waals surface area contributed by atoms with Gasteiger partial charge in [0.15, 0.2) is 0 Å². The molecule has 1 aliphatic rings. The highest BCUT2D eigenvalue weighted by atomic mass is 32.1. The van der Waals surface area contributed by atoms with Crippen molar-refractivity contribution in [2.75, 3.05) is 13.7 Å². The Hall–Kier alpha value is -1.89. The van der Waals surface area contributed by atoms with Crippen molar-refractivity contribution in [3.63, 3.8) is 0 Å². The first kappa shape index (κ1) is 12.6. The molecule has 1 aromatic rings. The molecule has 1 saturated heterocycles. The van der Waals surface area contributed by atoms with Crippen molar-refractivity contribution in [1.29, 1.82) is 0 Å². The topological polar surface area (TPSA) is 75.7 Å². The van der Waals surface area contributed by atoms with Crippen molar-refractivity contribution in [2.24, 2.45) is 0 Å². The van der Waals surface area contributed by atoms with Gasteiger partial charge in [-0.05, 0) is 6.92 Å². The third-order valence-electron chi connectivity index (χ3n) is 2.71. The minimum Gasteiger partial charge on any atom is -0.496 e. The average molecular weight is 268 g/mol.